The summed E-state index contributed by atoms with van der Waals surface area (Å²) in [6.45, 7) is 12.5. The zero-order valence-corrected chi connectivity index (χ0v) is 29.7. The average Bonchev–Trinajstić information content (AvgIpc) is 3.03. The van der Waals surface area contributed by atoms with Gasteiger partial charge in [-0.05, 0) is 43.1 Å². The number of rotatable bonds is 11. The number of carbonyl (C=O) groups excluding carboxylic acids is 6. The lowest BCUT2D eigenvalue weighted by Gasteiger charge is -2.28. The largest absolute Gasteiger partial charge is 0.460 e. The summed E-state index contributed by atoms with van der Waals surface area (Å²) in [5.41, 5.74) is 0.780. The standard InChI is InChI=1S/C36H57N5O7/c1-8-9-10-12-15-24(6)29-20-30(42)37-21-31(43)41-32(23(4)5)35(46)39-27(18-22(2)3)34(45)38-25(7)33(44)40-28(36(47)48-29)19-26-16-13-11-14-17-26/h11,13-14,16-17,22-25,27-29,32H,8-10,12,15,18-21H2,1-7H3,(H,37,42)(H,38,45)(H,39,46)(H,40,44)(H,41,43). The van der Waals surface area contributed by atoms with Crippen molar-refractivity contribution in [2.75, 3.05) is 6.54 Å². The molecule has 6 atom stereocenters. The highest BCUT2D eigenvalue weighted by Gasteiger charge is 2.34. The maximum atomic E-state index is 13.8. The molecule has 1 aromatic carbocycles. The van der Waals surface area contributed by atoms with Gasteiger partial charge in [0.05, 0.1) is 13.0 Å². The maximum absolute atomic E-state index is 13.8. The van der Waals surface area contributed by atoms with Gasteiger partial charge in [0, 0.05) is 6.42 Å². The lowest BCUT2D eigenvalue weighted by Crippen LogP contribution is -2.58. The van der Waals surface area contributed by atoms with Crippen molar-refractivity contribution in [3.8, 4) is 0 Å². The van der Waals surface area contributed by atoms with E-state index in [0.717, 1.165) is 31.2 Å². The molecule has 0 aliphatic carbocycles. The Bertz CT molecular complexity index is 1220. The Morgan fingerprint density at radius 2 is 1.44 bits per heavy atom. The van der Waals surface area contributed by atoms with E-state index in [1.807, 2.05) is 51.1 Å². The van der Waals surface area contributed by atoms with Crippen LogP contribution in [0.4, 0.5) is 0 Å². The van der Waals surface area contributed by atoms with Gasteiger partial charge in [0.25, 0.3) is 0 Å². The minimum Gasteiger partial charge on any atom is -0.460 e. The van der Waals surface area contributed by atoms with E-state index in [-0.39, 0.29) is 43.6 Å². The molecule has 1 saturated heterocycles. The smallest absolute Gasteiger partial charge is 0.329 e. The molecule has 1 fully saturated rings. The van der Waals surface area contributed by atoms with E-state index in [1.54, 1.807) is 13.8 Å². The number of nitrogens with one attached hydrogen (secondary N) is 5. The van der Waals surface area contributed by atoms with Crippen molar-refractivity contribution in [1.82, 2.24) is 26.6 Å². The quantitative estimate of drug-likeness (QED) is 0.178. The first-order valence-corrected chi connectivity index (χ1v) is 17.4. The Morgan fingerprint density at radius 3 is 2.06 bits per heavy atom. The van der Waals surface area contributed by atoms with Crippen LogP contribution in [-0.4, -0.2) is 72.3 Å². The van der Waals surface area contributed by atoms with Crippen molar-refractivity contribution >= 4 is 35.5 Å². The summed E-state index contributed by atoms with van der Waals surface area (Å²) in [5, 5.41) is 13.4. The van der Waals surface area contributed by atoms with E-state index in [2.05, 4.69) is 33.5 Å². The second kappa shape index (κ2) is 20.4. The number of unbranched alkanes of at least 4 members (excludes halogenated alkanes) is 3. The van der Waals surface area contributed by atoms with Gasteiger partial charge in [-0.2, -0.15) is 0 Å². The predicted molar refractivity (Wildman–Crippen MR) is 183 cm³/mol. The number of hydrogen-bond donors (Lipinski definition) is 5. The zero-order chi connectivity index (χ0) is 35.8. The number of hydrogen-bond acceptors (Lipinski definition) is 7. The highest BCUT2D eigenvalue weighted by Crippen LogP contribution is 2.21. The number of amides is 5. The topological polar surface area (TPSA) is 172 Å². The summed E-state index contributed by atoms with van der Waals surface area (Å²) in [6.07, 6.45) is 4.15. The third-order valence-corrected chi connectivity index (χ3v) is 8.49. The third-order valence-electron chi connectivity index (χ3n) is 8.49. The van der Waals surface area contributed by atoms with Crippen molar-refractivity contribution in [2.45, 2.75) is 130 Å². The van der Waals surface area contributed by atoms with E-state index >= 15 is 0 Å². The van der Waals surface area contributed by atoms with E-state index in [9.17, 15) is 28.8 Å². The van der Waals surface area contributed by atoms with Gasteiger partial charge in [-0.1, -0.05) is 97.6 Å². The maximum Gasteiger partial charge on any atom is 0.329 e. The third kappa shape index (κ3) is 14.0. The minimum absolute atomic E-state index is 0.0149. The molecule has 12 nitrogen and oxygen atoms in total. The van der Waals surface area contributed by atoms with E-state index in [4.69, 9.17) is 4.74 Å². The predicted octanol–water partition coefficient (Wildman–Crippen LogP) is 2.93. The molecule has 1 aliphatic rings. The number of ether oxygens (including phenoxy) is 1. The lowest BCUT2D eigenvalue weighted by molar-refractivity contribution is -0.157. The van der Waals surface area contributed by atoms with Crippen molar-refractivity contribution < 1.29 is 33.5 Å². The molecule has 0 radical (unpaired) electrons. The number of carbonyl (C=O) groups is 6. The Kier molecular flexibility index (Phi) is 17.1. The van der Waals surface area contributed by atoms with Crippen LogP contribution in [0.3, 0.4) is 0 Å². The molecule has 0 saturated carbocycles. The number of cyclic esters (lactones) is 1. The van der Waals surface area contributed by atoms with Crippen LogP contribution in [0.2, 0.25) is 0 Å². The van der Waals surface area contributed by atoms with E-state index < -0.39 is 65.8 Å². The van der Waals surface area contributed by atoms with Crippen LogP contribution < -0.4 is 26.6 Å². The monoisotopic (exact) mass is 671 g/mol. The first-order valence-electron chi connectivity index (χ1n) is 17.4. The van der Waals surface area contributed by atoms with Gasteiger partial charge in [0.2, 0.25) is 29.5 Å². The molecule has 12 heteroatoms. The fourth-order valence-electron chi connectivity index (χ4n) is 5.55. The highest BCUT2D eigenvalue weighted by atomic mass is 16.5. The van der Waals surface area contributed by atoms with Gasteiger partial charge in [-0.15, -0.1) is 0 Å². The second-order valence-corrected chi connectivity index (χ2v) is 13.7. The number of benzene rings is 1. The average molecular weight is 672 g/mol. The van der Waals surface area contributed by atoms with Gasteiger partial charge in [0.15, 0.2) is 0 Å². The Labute approximate surface area is 285 Å². The Balaban J connectivity index is 2.46. The first-order chi connectivity index (χ1) is 22.7. The van der Waals surface area contributed by atoms with Crippen molar-refractivity contribution in [1.29, 1.82) is 0 Å². The molecule has 1 aliphatic heterocycles. The molecular formula is C36H57N5O7. The minimum atomic E-state index is -1.11. The van der Waals surface area contributed by atoms with Gasteiger partial charge in [-0.25, -0.2) is 4.79 Å². The Morgan fingerprint density at radius 1 is 0.771 bits per heavy atom. The van der Waals surface area contributed by atoms with Crippen LogP contribution in [0.1, 0.15) is 99.0 Å². The first kappa shape index (κ1) is 40.2. The van der Waals surface area contributed by atoms with Crippen molar-refractivity contribution in [3.63, 3.8) is 0 Å². The summed E-state index contributed by atoms with van der Waals surface area (Å²) in [4.78, 5) is 80.0. The SMILES string of the molecule is CCCCCCC(C)C1CC(=O)NCC(=O)NC(C(C)C)C(=O)NC(CC(C)C)C(=O)NC(C)C(=O)NC(Cc2ccccc2)C(=O)O1. The van der Waals surface area contributed by atoms with Crippen molar-refractivity contribution in [3.05, 3.63) is 35.9 Å². The van der Waals surface area contributed by atoms with Crippen LogP contribution in [0.5, 0.6) is 0 Å². The van der Waals surface area contributed by atoms with Gasteiger partial charge < -0.3 is 31.3 Å². The fraction of sp³-hybridized carbons (Fsp3) is 0.667. The van der Waals surface area contributed by atoms with Crippen LogP contribution in [0.25, 0.3) is 0 Å². The van der Waals surface area contributed by atoms with Crippen molar-refractivity contribution in [2.24, 2.45) is 17.8 Å². The molecular weight excluding hydrogens is 614 g/mol. The summed E-state index contributed by atoms with van der Waals surface area (Å²) in [5.74, 6) is -4.00. The van der Waals surface area contributed by atoms with Gasteiger partial charge >= 0.3 is 5.97 Å². The number of esters is 1. The molecule has 1 heterocycles. The molecule has 48 heavy (non-hydrogen) atoms. The van der Waals surface area contributed by atoms with Crippen LogP contribution >= 0.6 is 0 Å². The fourth-order valence-corrected chi connectivity index (χ4v) is 5.55. The summed E-state index contributed by atoms with van der Waals surface area (Å²) in [7, 11) is 0. The second-order valence-electron chi connectivity index (χ2n) is 13.7. The molecule has 0 bridgehead atoms. The zero-order valence-electron chi connectivity index (χ0n) is 29.7. The molecule has 6 unspecified atom stereocenters. The van der Waals surface area contributed by atoms with Gasteiger partial charge in [0.1, 0.15) is 30.3 Å². The lowest BCUT2D eigenvalue weighted by atomic mass is 9.94. The molecule has 5 amide bonds. The van der Waals surface area contributed by atoms with E-state index in [1.165, 1.54) is 6.92 Å². The van der Waals surface area contributed by atoms with Crippen LogP contribution in [0.15, 0.2) is 30.3 Å². The molecule has 5 N–H and O–H groups in total. The highest BCUT2D eigenvalue weighted by molar-refractivity contribution is 5.95. The molecule has 0 spiro atoms. The summed E-state index contributed by atoms with van der Waals surface area (Å²) in [6, 6.07) is 5.01. The Hall–Kier alpha value is -3.96. The molecule has 1 aromatic rings. The van der Waals surface area contributed by atoms with Crippen LogP contribution in [0, 0.1) is 17.8 Å². The normalized spacial score (nSPS) is 24.6. The van der Waals surface area contributed by atoms with E-state index in [0.29, 0.717) is 6.42 Å². The van der Waals surface area contributed by atoms with Gasteiger partial charge in [-0.3, -0.25) is 24.0 Å². The summed E-state index contributed by atoms with van der Waals surface area (Å²) < 4.78 is 5.99. The van der Waals surface area contributed by atoms with Crippen LogP contribution in [-0.2, 0) is 39.9 Å². The molecule has 268 valence electrons. The molecule has 0 aromatic heterocycles. The summed E-state index contributed by atoms with van der Waals surface area (Å²) >= 11 is 0. The molecule has 2 rings (SSSR count).